The lowest BCUT2D eigenvalue weighted by molar-refractivity contribution is -0.137. The molecule has 0 radical (unpaired) electrons. The smallest absolute Gasteiger partial charge is 0.239 e. The second-order valence-electron chi connectivity index (χ2n) is 5.72. The van der Waals surface area contributed by atoms with Gasteiger partial charge in [0.1, 0.15) is 0 Å². The first kappa shape index (κ1) is 17.3. The van der Waals surface area contributed by atoms with Crippen molar-refractivity contribution in [2.24, 2.45) is 5.92 Å². The molecule has 126 valence electrons. The molecule has 0 spiro atoms. The molecule has 23 heavy (non-hydrogen) atoms. The summed E-state index contributed by atoms with van der Waals surface area (Å²) < 4.78 is 0. The Morgan fingerprint density at radius 3 is 2.78 bits per heavy atom. The van der Waals surface area contributed by atoms with E-state index in [-0.39, 0.29) is 24.3 Å². The van der Waals surface area contributed by atoms with Crippen LogP contribution in [0.25, 0.3) is 0 Å². The van der Waals surface area contributed by atoms with Crippen molar-refractivity contribution in [3.05, 3.63) is 18.6 Å². The molecule has 1 aliphatic rings. The fraction of sp³-hybridized carbons (Fsp3) is 0.625. The number of anilines is 1. The van der Waals surface area contributed by atoms with E-state index in [4.69, 9.17) is 0 Å². The van der Waals surface area contributed by atoms with Gasteiger partial charge in [0.25, 0.3) is 0 Å². The Bertz CT molecular complexity index is 518. The number of nitrogens with one attached hydrogen (secondary N) is 1. The number of carbonyl (C=O) groups excluding carboxylic acids is 2. The number of hydrogen-bond acceptors (Lipinski definition) is 5. The molecule has 7 heteroatoms. The molecule has 1 atom stereocenters. The second kappa shape index (κ2) is 8.57. The van der Waals surface area contributed by atoms with Crippen LogP contribution in [0.2, 0.25) is 0 Å². The largest absolute Gasteiger partial charge is 0.343 e. The van der Waals surface area contributed by atoms with Crippen molar-refractivity contribution >= 4 is 17.6 Å². The topological polar surface area (TPSA) is 78.4 Å². The molecule has 1 saturated heterocycles. The molecule has 0 unspecified atom stereocenters. The zero-order valence-corrected chi connectivity index (χ0v) is 13.9. The highest BCUT2D eigenvalue weighted by atomic mass is 16.2. The zero-order valence-electron chi connectivity index (χ0n) is 13.9. The SMILES string of the molecule is CCN(CC)C(=O)[C@@H]1CCCN(CC(=O)Nc2cnccn2)C1. The molecule has 2 rings (SSSR count). The lowest BCUT2D eigenvalue weighted by atomic mass is 9.96. The van der Waals surface area contributed by atoms with Gasteiger partial charge in [0.2, 0.25) is 11.8 Å². The Balaban J connectivity index is 1.86. The molecule has 1 aliphatic heterocycles. The van der Waals surface area contributed by atoms with E-state index in [0.29, 0.717) is 12.4 Å². The molecule has 0 aliphatic carbocycles. The van der Waals surface area contributed by atoms with E-state index in [2.05, 4.69) is 15.3 Å². The average molecular weight is 319 g/mol. The third-order valence-corrected chi connectivity index (χ3v) is 4.13. The minimum absolute atomic E-state index is 0.00651. The minimum Gasteiger partial charge on any atom is -0.343 e. The Morgan fingerprint density at radius 2 is 2.13 bits per heavy atom. The van der Waals surface area contributed by atoms with Gasteiger partial charge in [0, 0.05) is 32.0 Å². The van der Waals surface area contributed by atoms with E-state index in [9.17, 15) is 9.59 Å². The normalized spacial score (nSPS) is 18.4. The predicted octanol–water partition coefficient (Wildman–Crippen LogP) is 0.995. The number of carbonyl (C=O) groups is 2. The highest BCUT2D eigenvalue weighted by molar-refractivity contribution is 5.91. The first-order valence-corrected chi connectivity index (χ1v) is 8.21. The van der Waals surface area contributed by atoms with Crippen LogP contribution in [-0.2, 0) is 9.59 Å². The maximum atomic E-state index is 12.5. The number of nitrogens with zero attached hydrogens (tertiary/aromatic N) is 4. The zero-order chi connectivity index (χ0) is 16.7. The fourth-order valence-electron chi connectivity index (χ4n) is 2.94. The summed E-state index contributed by atoms with van der Waals surface area (Å²) >= 11 is 0. The van der Waals surface area contributed by atoms with Crippen molar-refractivity contribution < 1.29 is 9.59 Å². The van der Waals surface area contributed by atoms with Crippen molar-refractivity contribution in [3.8, 4) is 0 Å². The van der Waals surface area contributed by atoms with Gasteiger partial charge >= 0.3 is 0 Å². The third kappa shape index (κ3) is 4.99. The van der Waals surface area contributed by atoms with Crippen LogP contribution >= 0.6 is 0 Å². The number of amides is 2. The molecule has 1 N–H and O–H groups in total. The number of piperidine rings is 1. The summed E-state index contributed by atoms with van der Waals surface area (Å²) in [6, 6.07) is 0. The molecule has 0 aromatic carbocycles. The number of hydrogen-bond donors (Lipinski definition) is 1. The van der Waals surface area contributed by atoms with Gasteiger partial charge in [-0.05, 0) is 33.2 Å². The summed E-state index contributed by atoms with van der Waals surface area (Å²) in [4.78, 5) is 36.4. The van der Waals surface area contributed by atoms with E-state index in [0.717, 1.165) is 32.5 Å². The van der Waals surface area contributed by atoms with Crippen molar-refractivity contribution in [2.45, 2.75) is 26.7 Å². The van der Waals surface area contributed by atoms with E-state index in [1.54, 1.807) is 6.20 Å². The average Bonchev–Trinajstić information content (AvgIpc) is 2.57. The third-order valence-electron chi connectivity index (χ3n) is 4.13. The highest BCUT2D eigenvalue weighted by Gasteiger charge is 2.29. The molecule has 0 saturated carbocycles. The molecule has 1 aromatic rings. The lowest BCUT2D eigenvalue weighted by Crippen LogP contribution is -2.46. The van der Waals surface area contributed by atoms with Crippen LogP contribution in [0, 0.1) is 5.92 Å². The van der Waals surface area contributed by atoms with Crippen molar-refractivity contribution in [2.75, 3.05) is 38.0 Å². The Morgan fingerprint density at radius 1 is 1.35 bits per heavy atom. The van der Waals surface area contributed by atoms with Crippen LogP contribution in [0.3, 0.4) is 0 Å². The van der Waals surface area contributed by atoms with Gasteiger partial charge in [-0.25, -0.2) is 4.98 Å². The lowest BCUT2D eigenvalue weighted by Gasteiger charge is -2.34. The van der Waals surface area contributed by atoms with Crippen LogP contribution in [0.5, 0.6) is 0 Å². The molecular weight excluding hydrogens is 294 g/mol. The van der Waals surface area contributed by atoms with Gasteiger partial charge in [-0.2, -0.15) is 0 Å². The van der Waals surface area contributed by atoms with E-state index in [1.165, 1.54) is 12.4 Å². The van der Waals surface area contributed by atoms with E-state index in [1.807, 2.05) is 23.6 Å². The Hall–Kier alpha value is -2.02. The maximum absolute atomic E-state index is 12.5. The summed E-state index contributed by atoms with van der Waals surface area (Å²) in [5.74, 6) is 0.522. The fourth-order valence-corrected chi connectivity index (χ4v) is 2.94. The van der Waals surface area contributed by atoms with Crippen LogP contribution in [-0.4, -0.2) is 64.3 Å². The molecule has 2 heterocycles. The maximum Gasteiger partial charge on any atom is 0.239 e. The molecule has 7 nitrogen and oxygen atoms in total. The van der Waals surface area contributed by atoms with Gasteiger partial charge in [-0.15, -0.1) is 0 Å². The summed E-state index contributed by atoms with van der Waals surface area (Å²) in [6.45, 7) is 7.22. The predicted molar refractivity (Wildman–Crippen MR) is 87.8 cm³/mol. The van der Waals surface area contributed by atoms with Gasteiger partial charge in [0.15, 0.2) is 5.82 Å². The summed E-state index contributed by atoms with van der Waals surface area (Å²) in [7, 11) is 0. The molecule has 1 fully saturated rings. The summed E-state index contributed by atoms with van der Waals surface area (Å²) in [6.07, 6.45) is 6.45. The first-order valence-electron chi connectivity index (χ1n) is 8.21. The van der Waals surface area contributed by atoms with Gasteiger partial charge in [-0.1, -0.05) is 0 Å². The highest BCUT2D eigenvalue weighted by Crippen LogP contribution is 2.18. The number of likely N-dealkylation sites (tertiary alicyclic amines) is 1. The quantitative estimate of drug-likeness (QED) is 0.846. The monoisotopic (exact) mass is 319 g/mol. The van der Waals surface area contributed by atoms with Crippen LogP contribution in [0.4, 0.5) is 5.82 Å². The number of aromatic nitrogens is 2. The molecule has 2 amide bonds. The van der Waals surface area contributed by atoms with Crippen molar-refractivity contribution in [1.82, 2.24) is 19.8 Å². The number of rotatable bonds is 6. The summed E-state index contributed by atoms with van der Waals surface area (Å²) in [5, 5.41) is 2.73. The van der Waals surface area contributed by atoms with Crippen LogP contribution in [0.1, 0.15) is 26.7 Å². The van der Waals surface area contributed by atoms with E-state index < -0.39 is 0 Å². The summed E-state index contributed by atoms with van der Waals surface area (Å²) in [5.41, 5.74) is 0. The molecule has 0 bridgehead atoms. The van der Waals surface area contributed by atoms with Gasteiger partial charge in [-0.3, -0.25) is 19.5 Å². The second-order valence-corrected chi connectivity index (χ2v) is 5.72. The van der Waals surface area contributed by atoms with Gasteiger partial charge in [0.05, 0.1) is 18.7 Å². The van der Waals surface area contributed by atoms with Crippen LogP contribution < -0.4 is 5.32 Å². The van der Waals surface area contributed by atoms with E-state index >= 15 is 0 Å². The first-order chi connectivity index (χ1) is 11.1. The standard InChI is InChI=1S/C16H25N5O2/c1-3-21(4-2)16(23)13-6-5-9-20(11-13)12-15(22)19-14-10-17-7-8-18-14/h7-8,10,13H,3-6,9,11-12H2,1-2H3,(H,18,19,22)/t13-/m1/s1. The molecule has 1 aromatic heterocycles. The Kier molecular flexibility index (Phi) is 6.46. The molecular formula is C16H25N5O2. The van der Waals surface area contributed by atoms with Crippen LogP contribution in [0.15, 0.2) is 18.6 Å². The van der Waals surface area contributed by atoms with Crippen molar-refractivity contribution in [1.29, 1.82) is 0 Å². The van der Waals surface area contributed by atoms with Gasteiger partial charge < -0.3 is 10.2 Å². The Labute approximate surface area is 137 Å². The van der Waals surface area contributed by atoms with Crippen molar-refractivity contribution in [3.63, 3.8) is 0 Å². The minimum atomic E-state index is -0.124.